The number of carbonyl (C=O) groups excluding carboxylic acids is 2. The summed E-state index contributed by atoms with van der Waals surface area (Å²) in [6.07, 6.45) is -0.317. The van der Waals surface area contributed by atoms with Crippen LogP contribution in [0.5, 0.6) is 0 Å². The molecule has 3 N–H and O–H groups in total. The third-order valence-corrected chi connectivity index (χ3v) is 4.92. The van der Waals surface area contributed by atoms with Crippen molar-refractivity contribution in [1.82, 2.24) is 0 Å². The molecule has 2 aromatic rings. The molecule has 0 aliphatic heterocycles. The van der Waals surface area contributed by atoms with Gasteiger partial charge in [-0.3, -0.25) is 14.4 Å². The number of carboxylic acids is 1. The number of amides is 2. The van der Waals surface area contributed by atoms with Crippen LogP contribution in [0.1, 0.15) is 19.8 Å². The van der Waals surface area contributed by atoms with E-state index in [0.717, 1.165) is 4.90 Å². The number of halogens is 1. The molecule has 142 valence electrons. The Morgan fingerprint density at radius 3 is 2.52 bits per heavy atom. The molecule has 2 aromatic carbocycles. The third kappa shape index (κ3) is 6.96. The van der Waals surface area contributed by atoms with Crippen LogP contribution in [0.3, 0.4) is 0 Å². The number of para-hydroxylation sites is 1. The normalized spacial score (nSPS) is 11.5. The van der Waals surface area contributed by atoms with Crippen LogP contribution < -0.4 is 10.6 Å². The van der Waals surface area contributed by atoms with Crippen LogP contribution in [0.25, 0.3) is 0 Å². The Hall–Kier alpha value is -2.51. The molecule has 0 fully saturated rings. The summed E-state index contributed by atoms with van der Waals surface area (Å²) in [6.45, 7) is 1.77. The first-order chi connectivity index (χ1) is 12.8. The maximum absolute atomic E-state index is 12.4. The first-order valence-electron chi connectivity index (χ1n) is 8.19. The highest BCUT2D eigenvalue weighted by Crippen LogP contribution is 2.28. The SMILES string of the molecule is CC(Sc1cccc(NC(=O)CCC(=O)O)c1)C(=O)Nc1ccccc1Cl. The van der Waals surface area contributed by atoms with Gasteiger partial charge in [0.25, 0.3) is 0 Å². The fraction of sp³-hybridized carbons (Fsp3) is 0.211. The largest absolute Gasteiger partial charge is 0.481 e. The molecule has 2 amide bonds. The minimum Gasteiger partial charge on any atom is -0.481 e. The lowest BCUT2D eigenvalue weighted by Crippen LogP contribution is -2.22. The number of aliphatic carboxylic acids is 1. The van der Waals surface area contributed by atoms with Crippen LogP contribution in [0.15, 0.2) is 53.4 Å². The lowest BCUT2D eigenvalue weighted by molar-refractivity contribution is -0.138. The standard InChI is InChI=1S/C19H19ClN2O4S/c1-12(19(26)22-16-8-3-2-7-15(16)20)27-14-6-4-5-13(11-14)21-17(23)9-10-18(24)25/h2-8,11-12H,9-10H2,1H3,(H,21,23)(H,22,26)(H,24,25). The third-order valence-electron chi connectivity index (χ3n) is 3.50. The van der Waals surface area contributed by atoms with E-state index in [1.807, 2.05) is 6.07 Å². The number of benzene rings is 2. The Balaban J connectivity index is 1.94. The van der Waals surface area contributed by atoms with E-state index in [2.05, 4.69) is 10.6 Å². The summed E-state index contributed by atoms with van der Waals surface area (Å²) >= 11 is 7.38. The molecule has 0 aliphatic carbocycles. The van der Waals surface area contributed by atoms with Crippen LogP contribution >= 0.6 is 23.4 Å². The highest BCUT2D eigenvalue weighted by atomic mass is 35.5. The van der Waals surface area contributed by atoms with Gasteiger partial charge in [0.1, 0.15) is 0 Å². The Morgan fingerprint density at radius 2 is 1.81 bits per heavy atom. The van der Waals surface area contributed by atoms with Gasteiger partial charge >= 0.3 is 5.97 Å². The molecule has 0 radical (unpaired) electrons. The van der Waals surface area contributed by atoms with Crippen LogP contribution in [-0.2, 0) is 14.4 Å². The minimum absolute atomic E-state index is 0.0939. The molecule has 0 saturated heterocycles. The zero-order chi connectivity index (χ0) is 19.8. The van der Waals surface area contributed by atoms with Gasteiger partial charge < -0.3 is 15.7 Å². The summed E-state index contributed by atoms with van der Waals surface area (Å²) in [7, 11) is 0. The number of nitrogens with one attached hydrogen (secondary N) is 2. The maximum atomic E-state index is 12.4. The summed E-state index contributed by atoms with van der Waals surface area (Å²) in [5.74, 6) is -1.58. The van der Waals surface area contributed by atoms with Crippen molar-refractivity contribution in [2.75, 3.05) is 10.6 Å². The van der Waals surface area contributed by atoms with Crippen LogP contribution in [0.2, 0.25) is 5.02 Å². The van der Waals surface area contributed by atoms with E-state index in [9.17, 15) is 14.4 Å². The Kier molecular flexibility index (Phi) is 7.69. The number of hydrogen-bond acceptors (Lipinski definition) is 4. The van der Waals surface area contributed by atoms with Gasteiger partial charge in [0.2, 0.25) is 11.8 Å². The Bertz CT molecular complexity index is 844. The van der Waals surface area contributed by atoms with Gasteiger partial charge in [-0.15, -0.1) is 11.8 Å². The van der Waals surface area contributed by atoms with Crippen molar-refractivity contribution in [2.45, 2.75) is 29.9 Å². The average molecular weight is 407 g/mol. The molecule has 27 heavy (non-hydrogen) atoms. The predicted molar refractivity (Wildman–Crippen MR) is 107 cm³/mol. The van der Waals surface area contributed by atoms with E-state index in [0.29, 0.717) is 16.4 Å². The quantitative estimate of drug-likeness (QED) is 0.569. The molecule has 0 heterocycles. The number of rotatable bonds is 8. The van der Waals surface area contributed by atoms with E-state index < -0.39 is 5.97 Å². The summed E-state index contributed by atoms with van der Waals surface area (Å²) in [6, 6.07) is 14.0. The van der Waals surface area contributed by atoms with Gasteiger partial charge in [-0.05, 0) is 37.3 Å². The zero-order valence-corrected chi connectivity index (χ0v) is 16.1. The molecule has 8 heteroatoms. The predicted octanol–water partition coefficient (Wildman–Crippen LogP) is 4.26. The summed E-state index contributed by atoms with van der Waals surface area (Å²) in [4.78, 5) is 35.4. The minimum atomic E-state index is -1.02. The molecule has 2 rings (SSSR count). The number of hydrogen-bond donors (Lipinski definition) is 3. The van der Waals surface area contributed by atoms with Crippen molar-refractivity contribution in [3.63, 3.8) is 0 Å². The molecular weight excluding hydrogens is 388 g/mol. The van der Waals surface area contributed by atoms with Gasteiger partial charge in [-0.2, -0.15) is 0 Å². The Morgan fingerprint density at radius 1 is 1.07 bits per heavy atom. The molecule has 0 bridgehead atoms. The van der Waals surface area contributed by atoms with Gasteiger partial charge in [0.15, 0.2) is 0 Å². The molecule has 1 atom stereocenters. The lowest BCUT2D eigenvalue weighted by Gasteiger charge is -2.13. The lowest BCUT2D eigenvalue weighted by atomic mass is 10.2. The van der Waals surface area contributed by atoms with Crippen LogP contribution in [-0.4, -0.2) is 28.1 Å². The summed E-state index contributed by atoms with van der Waals surface area (Å²) < 4.78 is 0. The van der Waals surface area contributed by atoms with E-state index in [4.69, 9.17) is 16.7 Å². The van der Waals surface area contributed by atoms with Crippen molar-refractivity contribution >= 4 is 52.5 Å². The van der Waals surface area contributed by atoms with E-state index in [-0.39, 0.29) is 29.9 Å². The molecule has 6 nitrogen and oxygen atoms in total. The topological polar surface area (TPSA) is 95.5 Å². The first kappa shape index (κ1) is 20.8. The average Bonchev–Trinajstić information content (AvgIpc) is 2.62. The van der Waals surface area contributed by atoms with Gasteiger partial charge in [0.05, 0.1) is 22.4 Å². The Labute approximate surface area is 166 Å². The summed E-state index contributed by atoms with van der Waals surface area (Å²) in [5.41, 5.74) is 1.10. The first-order valence-corrected chi connectivity index (χ1v) is 9.44. The van der Waals surface area contributed by atoms with Gasteiger partial charge in [-0.1, -0.05) is 29.8 Å². The fourth-order valence-electron chi connectivity index (χ4n) is 2.15. The number of anilines is 2. The second-order valence-electron chi connectivity index (χ2n) is 5.70. The highest BCUT2D eigenvalue weighted by molar-refractivity contribution is 8.00. The van der Waals surface area contributed by atoms with E-state index >= 15 is 0 Å². The maximum Gasteiger partial charge on any atom is 0.303 e. The fourth-order valence-corrected chi connectivity index (χ4v) is 3.26. The van der Waals surface area contributed by atoms with Crippen molar-refractivity contribution in [3.05, 3.63) is 53.6 Å². The molecule has 0 spiro atoms. The number of carbonyl (C=O) groups is 3. The second kappa shape index (κ2) is 9.99. The van der Waals surface area contributed by atoms with Crippen LogP contribution in [0, 0.1) is 0 Å². The van der Waals surface area contributed by atoms with Crippen molar-refractivity contribution in [1.29, 1.82) is 0 Å². The molecular formula is C19H19ClN2O4S. The second-order valence-corrected chi connectivity index (χ2v) is 7.52. The van der Waals surface area contributed by atoms with Gasteiger partial charge in [0, 0.05) is 17.0 Å². The molecule has 0 aromatic heterocycles. The monoisotopic (exact) mass is 406 g/mol. The van der Waals surface area contributed by atoms with Crippen LogP contribution in [0.4, 0.5) is 11.4 Å². The smallest absolute Gasteiger partial charge is 0.303 e. The molecule has 0 saturated carbocycles. The zero-order valence-electron chi connectivity index (χ0n) is 14.6. The highest BCUT2D eigenvalue weighted by Gasteiger charge is 2.16. The van der Waals surface area contributed by atoms with E-state index in [1.54, 1.807) is 49.4 Å². The van der Waals surface area contributed by atoms with Crippen molar-refractivity contribution in [2.24, 2.45) is 0 Å². The van der Waals surface area contributed by atoms with Crippen molar-refractivity contribution < 1.29 is 19.5 Å². The summed E-state index contributed by atoms with van der Waals surface area (Å²) in [5, 5.41) is 14.1. The number of thioether (sulfide) groups is 1. The van der Waals surface area contributed by atoms with E-state index in [1.165, 1.54) is 11.8 Å². The van der Waals surface area contributed by atoms with Gasteiger partial charge in [-0.25, -0.2) is 0 Å². The molecule has 0 aliphatic rings. The number of carboxylic acid groups (broad SMARTS) is 1. The van der Waals surface area contributed by atoms with Crippen molar-refractivity contribution in [3.8, 4) is 0 Å². The molecule has 1 unspecified atom stereocenters.